The SMILES string of the molecule is CCC(C)NC(=O)c1ccc(CNC(=NC)NCCCCSC)cc1.I. The van der Waals surface area contributed by atoms with Gasteiger partial charge in [-0.25, -0.2) is 0 Å². The molecule has 0 saturated heterocycles. The molecule has 0 radical (unpaired) electrons. The van der Waals surface area contributed by atoms with E-state index in [9.17, 15) is 4.79 Å². The van der Waals surface area contributed by atoms with E-state index >= 15 is 0 Å². The van der Waals surface area contributed by atoms with E-state index < -0.39 is 0 Å². The zero-order valence-electron chi connectivity index (χ0n) is 16.3. The molecule has 3 N–H and O–H groups in total. The Bertz CT molecular complexity index is 537. The lowest BCUT2D eigenvalue weighted by molar-refractivity contribution is 0.0939. The summed E-state index contributed by atoms with van der Waals surface area (Å²) in [6, 6.07) is 7.88. The lowest BCUT2D eigenvalue weighted by Crippen LogP contribution is -2.37. The second kappa shape index (κ2) is 15.1. The smallest absolute Gasteiger partial charge is 0.251 e. The van der Waals surface area contributed by atoms with Gasteiger partial charge in [-0.3, -0.25) is 9.79 Å². The molecule has 0 aliphatic rings. The van der Waals surface area contributed by atoms with E-state index in [0.29, 0.717) is 12.1 Å². The first-order valence-electron chi connectivity index (χ1n) is 8.94. The quantitative estimate of drug-likeness (QED) is 0.202. The number of aliphatic imine (C=N–C) groups is 1. The van der Waals surface area contributed by atoms with E-state index in [4.69, 9.17) is 0 Å². The third kappa shape index (κ3) is 10.3. The molecular formula is C19H33IN4OS. The number of rotatable bonds is 10. The molecule has 1 unspecified atom stereocenters. The highest BCUT2D eigenvalue weighted by atomic mass is 127. The Hall–Kier alpha value is -0.960. The predicted octanol–water partition coefficient (Wildman–Crippen LogP) is 3.64. The van der Waals surface area contributed by atoms with Crippen LogP contribution in [-0.4, -0.2) is 43.5 Å². The minimum atomic E-state index is -0.0171. The highest BCUT2D eigenvalue weighted by molar-refractivity contribution is 14.0. The lowest BCUT2D eigenvalue weighted by Gasteiger charge is -2.13. The summed E-state index contributed by atoms with van der Waals surface area (Å²) in [6.07, 6.45) is 5.41. The van der Waals surface area contributed by atoms with Crippen molar-refractivity contribution in [1.82, 2.24) is 16.0 Å². The summed E-state index contributed by atoms with van der Waals surface area (Å²) in [6.45, 7) is 5.67. The second-order valence-corrected chi connectivity index (χ2v) is 7.02. The third-order valence-electron chi connectivity index (χ3n) is 3.96. The van der Waals surface area contributed by atoms with Crippen LogP contribution in [0.25, 0.3) is 0 Å². The Balaban J connectivity index is 0.00000625. The fourth-order valence-electron chi connectivity index (χ4n) is 2.17. The van der Waals surface area contributed by atoms with Crippen molar-refractivity contribution in [2.75, 3.05) is 25.6 Å². The van der Waals surface area contributed by atoms with Gasteiger partial charge in [0.25, 0.3) is 5.91 Å². The highest BCUT2D eigenvalue weighted by Crippen LogP contribution is 2.05. The number of guanidine groups is 1. The van der Waals surface area contributed by atoms with Crippen LogP contribution < -0.4 is 16.0 Å². The first-order chi connectivity index (χ1) is 12.1. The summed E-state index contributed by atoms with van der Waals surface area (Å²) in [5, 5.41) is 9.60. The van der Waals surface area contributed by atoms with Crippen molar-refractivity contribution >= 4 is 47.6 Å². The van der Waals surface area contributed by atoms with Gasteiger partial charge in [0, 0.05) is 31.7 Å². The molecule has 148 valence electrons. The molecular weight excluding hydrogens is 459 g/mol. The minimum absolute atomic E-state index is 0. The summed E-state index contributed by atoms with van der Waals surface area (Å²) in [5.41, 5.74) is 1.81. The normalized spacial score (nSPS) is 12.1. The van der Waals surface area contributed by atoms with E-state index in [2.05, 4.69) is 34.1 Å². The Morgan fingerprint density at radius 1 is 1.19 bits per heavy atom. The van der Waals surface area contributed by atoms with Crippen LogP contribution in [0.2, 0.25) is 0 Å². The van der Waals surface area contributed by atoms with Crippen LogP contribution in [0, 0.1) is 0 Å². The van der Waals surface area contributed by atoms with Crippen LogP contribution in [-0.2, 0) is 6.54 Å². The van der Waals surface area contributed by atoms with Crippen molar-refractivity contribution in [3.05, 3.63) is 35.4 Å². The number of benzene rings is 1. The number of hydrogen-bond acceptors (Lipinski definition) is 3. The van der Waals surface area contributed by atoms with Crippen molar-refractivity contribution in [3.8, 4) is 0 Å². The zero-order chi connectivity index (χ0) is 18.5. The van der Waals surface area contributed by atoms with Gasteiger partial charge in [0.2, 0.25) is 0 Å². The zero-order valence-corrected chi connectivity index (χ0v) is 19.4. The molecule has 0 saturated carbocycles. The van der Waals surface area contributed by atoms with Crippen LogP contribution in [0.3, 0.4) is 0 Å². The maximum atomic E-state index is 12.1. The molecule has 0 fully saturated rings. The van der Waals surface area contributed by atoms with Crippen molar-refractivity contribution in [2.45, 2.75) is 45.7 Å². The minimum Gasteiger partial charge on any atom is -0.356 e. The summed E-state index contributed by atoms with van der Waals surface area (Å²) in [4.78, 5) is 16.3. The standard InChI is InChI=1S/C19H32N4OS.HI/c1-5-15(2)23-18(24)17-10-8-16(9-11-17)14-22-19(20-3)21-12-6-7-13-25-4;/h8-11,15H,5-7,12-14H2,1-4H3,(H,23,24)(H2,20,21,22);1H. The van der Waals surface area contributed by atoms with Crippen LogP contribution in [0.1, 0.15) is 49.0 Å². The van der Waals surface area contributed by atoms with Gasteiger partial charge >= 0.3 is 0 Å². The van der Waals surface area contributed by atoms with E-state index in [1.807, 2.05) is 43.0 Å². The third-order valence-corrected chi connectivity index (χ3v) is 4.65. The molecule has 0 bridgehead atoms. The molecule has 1 atom stereocenters. The van der Waals surface area contributed by atoms with Crippen molar-refractivity contribution in [1.29, 1.82) is 0 Å². The van der Waals surface area contributed by atoms with E-state index in [1.165, 1.54) is 12.2 Å². The number of amides is 1. The van der Waals surface area contributed by atoms with Gasteiger partial charge in [-0.05, 0) is 55.9 Å². The molecule has 0 aromatic heterocycles. The largest absolute Gasteiger partial charge is 0.356 e. The second-order valence-electron chi connectivity index (χ2n) is 6.03. The first-order valence-corrected chi connectivity index (χ1v) is 10.3. The number of carbonyl (C=O) groups is 1. The molecule has 0 aliphatic carbocycles. The molecule has 0 heterocycles. The number of thioether (sulfide) groups is 1. The van der Waals surface area contributed by atoms with Gasteiger partial charge in [-0.15, -0.1) is 24.0 Å². The van der Waals surface area contributed by atoms with Gasteiger partial charge in [0.1, 0.15) is 0 Å². The number of hydrogen-bond donors (Lipinski definition) is 3. The molecule has 5 nitrogen and oxygen atoms in total. The molecule has 1 rings (SSSR count). The lowest BCUT2D eigenvalue weighted by atomic mass is 10.1. The van der Waals surface area contributed by atoms with Crippen molar-refractivity contribution in [3.63, 3.8) is 0 Å². The predicted molar refractivity (Wildman–Crippen MR) is 125 cm³/mol. The Morgan fingerprint density at radius 2 is 1.88 bits per heavy atom. The van der Waals surface area contributed by atoms with E-state index in [0.717, 1.165) is 30.9 Å². The van der Waals surface area contributed by atoms with Gasteiger partial charge < -0.3 is 16.0 Å². The van der Waals surface area contributed by atoms with Crippen LogP contribution in [0.15, 0.2) is 29.3 Å². The number of nitrogens with one attached hydrogen (secondary N) is 3. The molecule has 0 spiro atoms. The van der Waals surface area contributed by atoms with E-state index in [-0.39, 0.29) is 35.9 Å². The van der Waals surface area contributed by atoms with Crippen molar-refractivity contribution in [2.24, 2.45) is 4.99 Å². The summed E-state index contributed by atoms with van der Waals surface area (Å²) in [5.74, 6) is 1.99. The molecule has 7 heteroatoms. The maximum Gasteiger partial charge on any atom is 0.251 e. The number of unbranched alkanes of at least 4 members (excludes halogenated alkanes) is 1. The average molecular weight is 492 g/mol. The summed E-state index contributed by atoms with van der Waals surface area (Å²) < 4.78 is 0. The maximum absolute atomic E-state index is 12.1. The Morgan fingerprint density at radius 3 is 2.46 bits per heavy atom. The molecule has 1 aromatic carbocycles. The van der Waals surface area contributed by atoms with Crippen molar-refractivity contribution < 1.29 is 4.79 Å². The van der Waals surface area contributed by atoms with Gasteiger partial charge in [-0.2, -0.15) is 11.8 Å². The van der Waals surface area contributed by atoms with Gasteiger partial charge in [0.15, 0.2) is 5.96 Å². The fraction of sp³-hybridized carbons (Fsp3) is 0.579. The highest BCUT2D eigenvalue weighted by Gasteiger charge is 2.08. The molecule has 1 aromatic rings. The molecule has 1 amide bonds. The fourth-order valence-corrected chi connectivity index (χ4v) is 2.66. The van der Waals surface area contributed by atoms with Gasteiger partial charge in [-0.1, -0.05) is 19.1 Å². The first kappa shape index (κ1) is 25.0. The topological polar surface area (TPSA) is 65.5 Å². The number of carbonyl (C=O) groups excluding carboxylic acids is 1. The summed E-state index contributed by atoms with van der Waals surface area (Å²) >= 11 is 1.88. The van der Waals surface area contributed by atoms with Gasteiger partial charge in [0.05, 0.1) is 0 Å². The van der Waals surface area contributed by atoms with Crippen LogP contribution in [0.5, 0.6) is 0 Å². The van der Waals surface area contributed by atoms with Crippen LogP contribution in [0.4, 0.5) is 0 Å². The van der Waals surface area contributed by atoms with Crippen LogP contribution >= 0.6 is 35.7 Å². The summed E-state index contributed by atoms with van der Waals surface area (Å²) in [7, 11) is 1.78. The number of halogens is 1. The number of nitrogens with zero attached hydrogens (tertiary/aromatic N) is 1. The monoisotopic (exact) mass is 492 g/mol. The molecule has 26 heavy (non-hydrogen) atoms. The average Bonchev–Trinajstić information content (AvgIpc) is 2.64. The Labute approximate surface area is 179 Å². The molecule has 0 aliphatic heterocycles. The van der Waals surface area contributed by atoms with E-state index in [1.54, 1.807) is 7.05 Å². The Kier molecular flexibility index (Phi) is 14.6.